The van der Waals surface area contributed by atoms with E-state index >= 15 is 0 Å². The van der Waals surface area contributed by atoms with Crippen molar-refractivity contribution >= 4 is 0 Å². The lowest BCUT2D eigenvalue weighted by Crippen LogP contribution is -2.30. The molecule has 1 aromatic rings. The van der Waals surface area contributed by atoms with Crippen molar-refractivity contribution < 1.29 is 22.0 Å². The summed E-state index contributed by atoms with van der Waals surface area (Å²) in [5.74, 6) is -7.83. The Hall–Kier alpha value is -1.13. The van der Waals surface area contributed by atoms with Crippen LogP contribution in [0.2, 0.25) is 0 Å². The molecule has 0 aliphatic heterocycles. The maximum absolute atomic E-state index is 14.7. The van der Waals surface area contributed by atoms with E-state index in [1.54, 1.807) is 0 Å². The highest BCUT2D eigenvalue weighted by Crippen LogP contribution is 2.55. The molecule has 134 valence electrons. The van der Waals surface area contributed by atoms with E-state index in [1.165, 1.54) is 0 Å². The van der Waals surface area contributed by atoms with Crippen molar-refractivity contribution in [1.29, 1.82) is 0 Å². The van der Waals surface area contributed by atoms with Crippen molar-refractivity contribution in [3.8, 4) is 0 Å². The van der Waals surface area contributed by atoms with Crippen LogP contribution in [0.4, 0.5) is 22.0 Å². The van der Waals surface area contributed by atoms with Crippen molar-refractivity contribution in [2.45, 2.75) is 63.7 Å². The van der Waals surface area contributed by atoms with Gasteiger partial charge < -0.3 is 0 Å². The van der Waals surface area contributed by atoms with Gasteiger partial charge in [0.05, 0.1) is 0 Å². The fourth-order valence-corrected chi connectivity index (χ4v) is 4.79. The van der Waals surface area contributed by atoms with Crippen LogP contribution in [-0.4, -0.2) is 5.92 Å². The Labute approximate surface area is 139 Å². The quantitative estimate of drug-likeness (QED) is 0.436. The molecule has 0 amide bonds. The van der Waals surface area contributed by atoms with Crippen molar-refractivity contribution in [3.05, 3.63) is 35.1 Å². The topological polar surface area (TPSA) is 0 Å². The van der Waals surface area contributed by atoms with Crippen LogP contribution >= 0.6 is 0 Å². The number of fused-ring (bicyclic) bond motifs is 1. The Morgan fingerprint density at radius 3 is 2.33 bits per heavy atom. The van der Waals surface area contributed by atoms with Crippen LogP contribution in [0, 0.1) is 35.2 Å². The Balaban J connectivity index is 1.80. The first-order valence-corrected chi connectivity index (χ1v) is 8.84. The van der Waals surface area contributed by atoms with Gasteiger partial charge in [0.1, 0.15) is 0 Å². The van der Waals surface area contributed by atoms with Gasteiger partial charge in [0, 0.05) is 12.3 Å². The Morgan fingerprint density at radius 1 is 1.04 bits per heavy atom. The summed E-state index contributed by atoms with van der Waals surface area (Å²) in [6.07, 6.45) is 3.92. The molecule has 0 heterocycles. The molecule has 2 saturated carbocycles. The fraction of sp³-hybridized carbons (Fsp3) is 0.684. The summed E-state index contributed by atoms with van der Waals surface area (Å²) >= 11 is 0. The molecule has 0 radical (unpaired) electrons. The van der Waals surface area contributed by atoms with E-state index in [0.717, 1.165) is 37.8 Å². The minimum absolute atomic E-state index is 0.0646. The molecule has 0 spiro atoms. The van der Waals surface area contributed by atoms with Crippen LogP contribution in [0.25, 0.3) is 0 Å². The predicted octanol–water partition coefficient (Wildman–Crippen LogP) is 6.45. The zero-order valence-corrected chi connectivity index (χ0v) is 13.8. The second-order valence-corrected chi connectivity index (χ2v) is 7.53. The molecule has 4 unspecified atom stereocenters. The highest BCUT2D eigenvalue weighted by atomic mass is 19.3. The molecule has 0 N–H and O–H groups in total. The van der Waals surface area contributed by atoms with Crippen LogP contribution in [0.3, 0.4) is 0 Å². The lowest BCUT2D eigenvalue weighted by molar-refractivity contribution is -0.0810. The van der Waals surface area contributed by atoms with E-state index in [-0.39, 0.29) is 30.6 Å². The molecular formula is C19H23F5. The Bertz CT molecular complexity index is 574. The minimum atomic E-state index is -2.73. The first kappa shape index (κ1) is 17.7. The number of benzene rings is 1. The van der Waals surface area contributed by atoms with Crippen molar-refractivity contribution in [2.75, 3.05) is 0 Å². The molecule has 3 rings (SSSR count). The van der Waals surface area contributed by atoms with E-state index < -0.39 is 29.3 Å². The van der Waals surface area contributed by atoms with Crippen LogP contribution in [0.15, 0.2) is 12.1 Å². The summed E-state index contributed by atoms with van der Waals surface area (Å²) in [5.41, 5.74) is 0.306. The van der Waals surface area contributed by atoms with Gasteiger partial charge in [-0.25, -0.2) is 22.0 Å². The largest absolute Gasteiger partial charge is 0.251 e. The second kappa shape index (κ2) is 6.64. The molecule has 2 aliphatic rings. The SMILES string of the molecule is CCCC1CCC2CC(c3cc(F)c(F)c(F)c3)CC2C(F)(F)C1. The third-order valence-electron chi connectivity index (χ3n) is 5.92. The van der Waals surface area contributed by atoms with Gasteiger partial charge in [-0.05, 0) is 61.1 Å². The van der Waals surface area contributed by atoms with Gasteiger partial charge in [0.25, 0.3) is 5.92 Å². The van der Waals surface area contributed by atoms with Gasteiger partial charge in [-0.15, -0.1) is 0 Å². The molecule has 2 fully saturated rings. The van der Waals surface area contributed by atoms with E-state index in [0.29, 0.717) is 12.0 Å². The average molecular weight is 346 g/mol. The van der Waals surface area contributed by atoms with Crippen LogP contribution < -0.4 is 0 Å². The van der Waals surface area contributed by atoms with E-state index in [9.17, 15) is 22.0 Å². The number of rotatable bonds is 3. The highest BCUT2D eigenvalue weighted by Gasteiger charge is 2.51. The second-order valence-electron chi connectivity index (χ2n) is 7.53. The van der Waals surface area contributed by atoms with Gasteiger partial charge in [-0.2, -0.15) is 0 Å². The maximum atomic E-state index is 14.7. The first-order valence-electron chi connectivity index (χ1n) is 8.84. The number of hydrogen-bond acceptors (Lipinski definition) is 0. The zero-order chi connectivity index (χ0) is 17.5. The van der Waals surface area contributed by atoms with Crippen molar-refractivity contribution in [3.63, 3.8) is 0 Å². The summed E-state index contributed by atoms with van der Waals surface area (Å²) in [6, 6.07) is 1.93. The van der Waals surface area contributed by atoms with Gasteiger partial charge in [0.15, 0.2) is 17.5 Å². The average Bonchev–Trinajstić information content (AvgIpc) is 2.90. The summed E-state index contributed by atoms with van der Waals surface area (Å²) in [4.78, 5) is 0. The fourth-order valence-electron chi connectivity index (χ4n) is 4.79. The molecule has 4 atom stereocenters. The summed E-state index contributed by atoms with van der Waals surface area (Å²) < 4.78 is 69.4. The monoisotopic (exact) mass is 346 g/mol. The van der Waals surface area contributed by atoms with Gasteiger partial charge in [0.2, 0.25) is 0 Å². The smallest absolute Gasteiger partial charge is 0.207 e. The zero-order valence-electron chi connectivity index (χ0n) is 13.8. The van der Waals surface area contributed by atoms with Gasteiger partial charge in [-0.1, -0.05) is 19.8 Å². The number of alkyl halides is 2. The first-order chi connectivity index (χ1) is 11.3. The normalized spacial score (nSPS) is 32.4. The lowest BCUT2D eigenvalue weighted by Gasteiger charge is -2.27. The van der Waals surface area contributed by atoms with E-state index in [4.69, 9.17) is 0 Å². The van der Waals surface area contributed by atoms with Gasteiger partial charge in [-0.3, -0.25) is 0 Å². The number of hydrogen-bond donors (Lipinski definition) is 0. The third kappa shape index (κ3) is 3.31. The molecule has 0 saturated heterocycles. The molecule has 2 aliphatic carbocycles. The lowest BCUT2D eigenvalue weighted by atomic mass is 9.87. The van der Waals surface area contributed by atoms with Crippen molar-refractivity contribution in [1.82, 2.24) is 0 Å². The standard InChI is InChI=1S/C19H23F5/c1-2-3-11-4-5-12-6-13(7-15(12)19(23,24)10-11)14-8-16(20)18(22)17(21)9-14/h8-9,11-13,15H,2-7,10H2,1H3. The Kier molecular flexibility index (Phi) is 4.89. The number of halogens is 5. The third-order valence-corrected chi connectivity index (χ3v) is 5.92. The maximum Gasteiger partial charge on any atom is 0.251 e. The molecular weight excluding hydrogens is 323 g/mol. The molecule has 5 heteroatoms. The molecule has 0 bridgehead atoms. The highest BCUT2D eigenvalue weighted by molar-refractivity contribution is 5.25. The minimum Gasteiger partial charge on any atom is -0.207 e. The summed E-state index contributed by atoms with van der Waals surface area (Å²) in [6.45, 7) is 2.01. The molecule has 24 heavy (non-hydrogen) atoms. The van der Waals surface area contributed by atoms with Crippen LogP contribution in [0.1, 0.15) is 63.4 Å². The van der Waals surface area contributed by atoms with Crippen LogP contribution in [0.5, 0.6) is 0 Å². The van der Waals surface area contributed by atoms with Crippen LogP contribution in [-0.2, 0) is 0 Å². The van der Waals surface area contributed by atoms with Gasteiger partial charge >= 0.3 is 0 Å². The Morgan fingerprint density at radius 2 is 1.71 bits per heavy atom. The summed E-state index contributed by atoms with van der Waals surface area (Å²) in [7, 11) is 0. The van der Waals surface area contributed by atoms with Crippen molar-refractivity contribution in [2.24, 2.45) is 17.8 Å². The summed E-state index contributed by atoms with van der Waals surface area (Å²) in [5, 5.41) is 0. The molecule has 0 nitrogen and oxygen atoms in total. The predicted molar refractivity (Wildman–Crippen MR) is 82.5 cm³/mol. The molecule has 0 aromatic heterocycles. The molecule has 1 aromatic carbocycles. The van der Waals surface area contributed by atoms with E-state index in [2.05, 4.69) is 0 Å². The van der Waals surface area contributed by atoms with E-state index in [1.807, 2.05) is 6.92 Å².